The Kier molecular flexibility index (Phi) is 4.39. The third-order valence-corrected chi connectivity index (χ3v) is 4.01. The molecule has 1 aliphatic carbocycles. The van der Waals surface area contributed by atoms with E-state index in [1.165, 1.54) is 24.8 Å². The van der Waals surface area contributed by atoms with Crippen molar-refractivity contribution in [2.75, 3.05) is 0 Å². The zero-order valence-corrected chi connectivity index (χ0v) is 11.6. The van der Waals surface area contributed by atoms with Crippen LogP contribution >= 0.6 is 0 Å². The van der Waals surface area contributed by atoms with Gasteiger partial charge in [-0.15, -0.1) is 0 Å². The summed E-state index contributed by atoms with van der Waals surface area (Å²) in [6.45, 7) is 6.77. The number of halogens is 1. The number of hydrogen-bond acceptors (Lipinski definition) is 1. The lowest BCUT2D eigenvalue weighted by atomic mass is 9.95. The van der Waals surface area contributed by atoms with Crippen molar-refractivity contribution >= 4 is 0 Å². The smallest absolute Gasteiger partial charge is 0.123 e. The molecule has 0 aromatic heterocycles. The van der Waals surface area contributed by atoms with Crippen molar-refractivity contribution in [1.82, 2.24) is 5.32 Å². The van der Waals surface area contributed by atoms with Crippen LogP contribution in [0.25, 0.3) is 0 Å². The summed E-state index contributed by atoms with van der Waals surface area (Å²) in [5.74, 6) is 1.20. The van der Waals surface area contributed by atoms with Gasteiger partial charge in [0.2, 0.25) is 0 Å². The normalized spacial score (nSPS) is 25.6. The molecule has 0 heterocycles. The first-order valence-electron chi connectivity index (χ1n) is 7.07. The number of benzene rings is 1. The summed E-state index contributed by atoms with van der Waals surface area (Å²) in [6.07, 6.45) is 3.86. The molecular formula is C16H24FN. The van der Waals surface area contributed by atoms with E-state index in [4.69, 9.17) is 0 Å². The topological polar surface area (TPSA) is 12.0 Å². The fourth-order valence-electron chi connectivity index (χ4n) is 2.96. The standard InChI is InChI=1S/C16H24FN/c1-11(2)16(13-5-7-14(17)8-6-13)18-15-9-4-12(3)10-15/h5-8,11-12,15-16,18H,4,9-10H2,1-3H3. The van der Waals surface area contributed by atoms with Gasteiger partial charge in [-0.3, -0.25) is 0 Å². The Labute approximate surface area is 110 Å². The number of rotatable bonds is 4. The second kappa shape index (κ2) is 5.83. The Bertz CT molecular complexity index is 371. The van der Waals surface area contributed by atoms with Gasteiger partial charge in [0.25, 0.3) is 0 Å². The van der Waals surface area contributed by atoms with E-state index in [-0.39, 0.29) is 5.82 Å². The van der Waals surface area contributed by atoms with E-state index >= 15 is 0 Å². The first-order chi connectivity index (χ1) is 8.56. The van der Waals surface area contributed by atoms with Gasteiger partial charge in [0.1, 0.15) is 5.82 Å². The Hall–Kier alpha value is -0.890. The zero-order chi connectivity index (χ0) is 13.1. The lowest BCUT2D eigenvalue weighted by Crippen LogP contribution is -2.33. The van der Waals surface area contributed by atoms with Crippen molar-refractivity contribution in [3.05, 3.63) is 35.6 Å². The van der Waals surface area contributed by atoms with Crippen LogP contribution in [0.4, 0.5) is 4.39 Å². The van der Waals surface area contributed by atoms with Crippen molar-refractivity contribution < 1.29 is 4.39 Å². The predicted octanol–water partition coefficient (Wildman–Crippen LogP) is 4.30. The van der Waals surface area contributed by atoms with Gasteiger partial charge >= 0.3 is 0 Å². The number of nitrogens with one attached hydrogen (secondary N) is 1. The Morgan fingerprint density at radius 1 is 1.17 bits per heavy atom. The Morgan fingerprint density at radius 3 is 2.33 bits per heavy atom. The summed E-state index contributed by atoms with van der Waals surface area (Å²) in [6, 6.07) is 7.89. The molecule has 1 saturated carbocycles. The van der Waals surface area contributed by atoms with Gasteiger partial charge in [-0.25, -0.2) is 4.39 Å². The first-order valence-corrected chi connectivity index (χ1v) is 7.07. The van der Waals surface area contributed by atoms with E-state index in [0.29, 0.717) is 18.0 Å². The van der Waals surface area contributed by atoms with Gasteiger partial charge < -0.3 is 5.32 Å². The van der Waals surface area contributed by atoms with E-state index in [9.17, 15) is 4.39 Å². The fourth-order valence-corrected chi connectivity index (χ4v) is 2.96. The monoisotopic (exact) mass is 249 g/mol. The van der Waals surface area contributed by atoms with E-state index in [2.05, 4.69) is 26.1 Å². The van der Waals surface area contributed by atoms with Crippen LogP contribution in [0, 0.1) is 17.7 Å². The van der Waals surface area contributed by atoms with Crippen molar-refractivity contribution in [2.45, 2.75) is 52.1 Å². The minimum Gasteiger partial charge on any atom is -0.307 e. The van der Waals surface area contributed by atoms with Crippen molar-refractivity contribution in [2.24, 2.45) is 11.8 Å². The summed E-state index contributed by atoms with van der Waals surface area (Å²) in [4.78, 5) is 0. The zero-order valence-electron chi connectivity index (χ0n) is 11.6. The lowest BCUT2D eigenvalue weighted by Gasteiger charge is -2.27. The molecule has 1 nitrogen and oxygen atoms in total. The largest absolute Gasteiger partial charge is 0.307 e. The summed E-state index contributed by atoms with van der Waals surface area (Å²) in [5, 5.41) is 3.76. The molecule has 1 aliphatic rings. The molecule has 3 unspecified atom stereocenters. The van der Waals surface area contributed by atoms with Crippen LogP contribution in [0.1, 0.15) is 51.6 Å². The summed E-state index contributed by atoms with van der Waals surface area (Å²) in [7, 11) is 0. The Morgan fingerprint density at radius 2 is 1.83 bits per heavy atom. The molecular weight excluding hydrogens is 225 g/mol. The predicted molar refractivity (Wildman–Crippen MR) is 73.9 cm³/mol. The minimum atomic E-state index is -0.157. The highest BCUT2D eigenvalue weighted by Gasteiger charge is 2.25. The molecule has 100 valence electrons. The van der Waals surface area contributed by atoms with Crippen molar-refractivity contribution in [3.63, 3.8) is 0 Å². The lowest BCUT2D eigenvalue weighted by molar-refractivity contribution is 0.356. The average Bonchev–Trinajstić information content (AvgIpc) is 2.73. The summed E-state index contributed by atoms with van der Waals surface area (Å²) in [5.41, 5.74) is 1.20. The second-order valence-corrected chi connectivity index (χ2v) is 6.06. The highest BCUT2D eigenvalue weighted by molar-refractivity contribution is 5.20. The molecule has 1 fully saturated rings. The van der Waals surface area contributed by atoms with Crippen LogP contribution in [0.2, 0.25) is 0 Å². The molecule has 0 spiro atoms. The maximum atomic E-state index is 13.0. The minimum absolute atomic E-state index is 0.157. The van der Waals surface area contributed by atoms with Crippen LogP contribution in [0.5, 0.6) is 0 Å². The van der Waals surface area contributed by atoms with Crippen LogP contribution in [-0.4, -0.2) is 6.04 Å². The van der Waals surface area contributed by atoms with Gasteiger partial charge in [0.05, 0.1) is 0 Å². The molecule has 2 rings (SSSR count). The molecule has 0 radical (unpaired) electrons. The van der Waals surface area contributed by atoms with Crippen molar-refractivity contribution in [1.29, 1.82) is 0 Å². The molecule has 18 heavy (non-hydrogen) atoms. The third kappa shape index (κ3) is 3.32. The highest BCUT2D eigenvalue weighted by atomic mass is 19.1. The summed E-state index contributed by atoms with van der Waals surface area (Å²) >= 11 is 0. The maximum absolute atomic E-state index is 13.0. The quantitative estimate of drug-likeness (QED) is 0.839. The van der Waals surface area contributed by atoms with Crippen LogP contribution < -0.4 is 5.32 Å². The summed E-state index contributed by atoms with van der Waals surface area (Å²) < 4.78 is 13.0. The van der Waals surface area contributed by atoms with Crippen LogP contribution in [0.15, 0.2) is 24.3 Å². The van der Waals surface area contributed by atoms with E-state index < -0.39 is 0 Å². The van der Waals surface area contributed by atoms with Crippen LogP contribution in [0.3, 0.4) is 0 Å². The van der Waals surface area contributed by atoms with Gasteiger partial charge in [-0.2, -0.15) is 0 Å². The molecule has 1 N–H and O–H groups in total. The Balaban J connectivity index is 2.06. The maximum Gasteiger partial charge on any atom is 0.123 e. The van der Waals surface area contributed by atoms with E-state index in [0.717, 1.165) is 5.92 Å². The van der Waals surface area contributed by atoms with Gasteiger partial charge in [0.15, 0.2) is 0 Å². The molecule has 0 aliphatic heterocycles. The first kappa shape index (κ1) is 13.5. The average molecular weight is 249 g/mol. The van der Waals surface area contributed by atoms with Gasteiger partial charge in [-0.1, -0.05) is 32.9 Å². The molecule has 0 saturated heterocycles. The van der Waals surface area contributed by atoms with Gasteiger partial charge in [-0.05, 0) is 48.8 Å². The van der Waals surface area contributed by atoms with Crippen molar-refractivity contribution in [3.8, 4) is 0 Å². The van der Waals surface area contributed by atoms with E-state index in [1.54, 1.807) is 12.1 Å². The molecule has 1 aromatic rings. The highest BCUT2D eigenvalue weighted by Crippen LogP contribution is 2.29. The van der Waals surface area contributed by atoms with E-state index in [1.807, 2.05) is 12.1 Å². The molecule has 2 heteroatoms. The molecule has 3 atom stereocenters. The van der Waals surface area contributed by atoms with Crippen LogP contribution in [-0.2, 0) is 0 Å². The number of hydrogen-bond donors (Lipinski definition) is 1. The third-order valence-electron chi connectivity index (χ3n) is 4.01. The van der Waals surface area contributed by atoms with Gasteiger partial charge in [0, 0.05) is 12.1 Å². The molecule has 0 bridgehead atoms. The molecule has 0 amide bonds. The SMILES string of the molecule is CC1CCC(NC(c2ccc(F)cc2)C(C)C)C1. The fraction of sp³-hybridized carbons (Fsp3) is 0.625. The molecule has 1 aromatic carbocycles. The second-order valence-electron chi connectivity index (χ2n) is 6.06.